The molecule has 2 aliphatic rings. The van der Waals surface area contributed by atoms with Crippen molar-refractivity contribution in [3.8, 4) is 0 Å². The van der Waals surface area contributed by atoms with Crippen LogP contribution in [0.1, 0.15) is 25.7 Å². The SMILES string of the molecule is C=CCNC(=O)[C@@H]1CSCN1C(=O)C1CCCC1. The number of thioether (sulfide) groups is 1. The molecule has 1 N–H and O–H groups in total. The predicted octanol–water partition coefficient (Wildman–Crippen LogP) is 1.38. The third-order valence-corrected chi connectivity index (χ3v) is 4.61. The van der Waals surface area contributed by atoms with Crippen LogP contribution in [0.4, 0.5) is 0 Å². The summed E-state index contributed by atoms with van der Waals surface area (Å²) in [5.41, 5.74) is 0. The minimum absolute atomic E-state index is 0.0498. The van der Waals surface area contributed by atoms with E-state index in [1.807, 2.05) is 0 Å². The smallest absolute Gasteiger partial charge is 0.243 e. The lowest BCUT2D eigenvalue weighted by Crippen LogP contribution is -2.48. The van der Waals surface area contributed by atoms with Gasteiger partial charge in [0.25, 0.3) is 0 Å². The third kappa shape index (κ3) is 2.88. The minimum Gasteiger partial charge on any atom is -0.351 e. The number of carbonyl (C=O) groups excluding carboxylic acids is 2. The fourth-order valence-electron chi connectivity index (χ4n) is 2.57. The number of amides is 2. The average molecular weight is 268 g/mol. The van der Waals surface area contributed by atoms with Crippen molar-refractivity contribution >= 4 is 23.6 Å². The zero-order valence-corrected chi connectivity index (χ0v) is 11.4. The molecule has 0 unspecified atom stereocenters. The molecule has 0 aromatic rings. The van der Waals surface area contributed by atoms with Crippen LogP contribution < -0.4 is 5.32 Å². The molecule has 1 saturated carbocycles. The first-order valence-electron chi connectivity index (χ1n) is 6.51. The summed E-state index contributed by atoms with van der Waals surface area (Å²) in [5, 5.41) is 2.79. The van der Waals surface area contributed by atoms with Gasteiger partial charge in [0, 0.05) is 18.2 Å². The number of hydrogen-bond donors (Lipinski definition) is 1. The molecule has 0 aromatic carbocycles. The van der Waals surface area contributed by atoms with Gasteiger partial charge >= 0.3 is 0 Å². The molecule has 1 aliphatic heterocycles. The monoisotopic (exact) mass is 268 g/mol. The Labute approximate surface area is 112 Å². The number of hydrogen-bond acceptors (Lipinski definition) is 3. The van der Waals surface area contributed by atoms with E-state index < -0.39 is 0 Å². The van der Waals surface area contributed by atoms with Crippen LogP contribution in [0.15, 0.2) is 12.7 Å². The van der Waals surface area contributed by atoms with E-state index in [2.05, 4.69) is 11.9 Å². The lowest BCUT2D eigenvalue weighted by atomic mass is 10.1. The summed E-state index contributed by atoms with van der Waals surface area (Å²) in [7, 11) is 0. The highest BCUT2D eigenvalue weighted by molar-refractivity contribution is 7.99. The van der Waals surface area contributed by atoms with E-state index in [1.54, 1.807) is 22.7 Å². The van der Waals surface area contributed by atoms with Crippen molar-refractivity contribution in [2.24, 2.45) is 5.92 Å². The fraction of sp³-hybridized carbons (Fsp3) is 0.692. The molecule has 0 radical (unpaired) electrons. The van der Waals surface area contributed by atoms with Gasteiger partial charge < -0.3 is 10.2 Å². The quantitative estimate of drug-likeness (QED) is 0.784. The first-order valence-corrected chi connectivity index (χ1v) is 7.66. The molecule has 1 aliphatic carbocycles. The van der Waals surface area contributed by atoms with E-state index in [0.717, 1.165) is 25.7 Å². The number of rotatable bonds is 4. The molecule has 1 saturated heterocycles. The second-order valence-electron chi connectivity index (χ2n) is 4.84. The first kappa shape index (κ1) is 13.5. The molecule has 5 heteroatoms. The van der Waals surface area contributed by atoms with E-state index in [9.17, 15) is 9.59 Å². The Kier molecular flexibility index (Phi) is 4.69. The molecule has 18 heavy (non-hydrogen) atoms. The molecule has 4 nitrogen and oxygen atoms in total. The van der Waals surface area contributed by atoms with Gasteiger partial charge in [0.15, 0.2) is 0 Å². The van der Waals surface area contributed by atoms with Crippen molar-refractivity contribution in [2.75, 3.05) is 18.2 Å². The largest absolute Gasteiger partial charge is 0.351 e. The Morgan fingerprint density at radius 3 is 2.78 bits per heavy atom. The number of carbonyl (C=O) groups is 2. The standard InChI is InChI=1S/C13H20N2O2S/c1-2-7-14-12(16)11-8-18-9-15(11)13(17)10-5-3-4-6-10/h2,10-11H,1,3-9H2,(H,14,16)/t11-/m0/s1. The summed E-state index contributed by atoms with van der Waals surface area (Å²) in [6.07, 6.45) is 5.92. The van der Waals surface area contributed by atoms with Crippen LogP contribution in [0, 0.1) is 5.92 Å². The molecule has 2 fully saturated rings. The maximum absolute atomic E-state index is 12.3. The molecular formula is C13H20N2O2S. The van der Waals surface area contributed by atoms with Gasteiger partial charge in [-0.15, -0.1) is 18.3 Å². The van der Waals surface area contributed by atoms with Crippen molar-refractivity contribution in [2.45, 2.75) is 31.7 Å². The molecule has 100 valence electrons. The van der Waals surface area contributed by atoms with Crippen LogP contribution in [0.2, 0.25) is 0 Å². The van der Waals surface area contributed by atoms with Crippen molar-refractivity contribution in [3.63, 3.8) is 0 Å². The summed E-state index contributed by atoms with van der Waals surface area (Å²) >= 11 is 1.66. The summed E-state index contributed by atoms with van der Waals surface area (Å²) in [6, 6.07) is -0.289. The van der Waals surface area contributed by atoms with E-state index in [1.165, 1.54) is 0 Å². The second kappa shape index (κ2) is 6.27. The topological polar surface area (TPSA) is 49.4 Å². The van der Waals surface area contributed by atoms with Gasteiger partial charge in [0.2, 0.25) is 11.8 Å². The lowest BCUT2D eigenvalue weighted by Gasteiger charge is -2.25. The fourth-order valence-corrected chi connectivity index (χ4v) is 3.74. The summed E-state index contributed by atoms with van der Waals surface area (Å²) in [6.45, 7) is 4.04. The summed E-state index contributed by atoms with van der Waals surface area (Å²) in [4.78, 5) is 26.1. The highest BCUT2D eigenvalue weighted by Crippen LogP contribution is 2.30. The predicted molar refractivity (Wildman–Crippen MR) is 73.1 cm³/mol. The summed E-state index contributed by atoms with van der Waals surface area (Å²) in [5.74, 6) is 1.64. The van der Waals surface area contributed by atoms with Crippen LogP contribution in [0.25, 0.3) is 0 Å². The Hall–Kier alpha value is -0.970. The van der Waals surface area contributed by atoms with Gasteiger partial charge in [-0.2, -0.15) is 0 Å². The van der Waals surface area contributed by atoms with Crippen molar-refractivity contribution in [1.29, 1.82) is 0 Å². The number of nitrogens with one attached hydrogen (secondary N) is 1. The van der Waals surface area contributed by atoms with Crippen LogP contribution >= 0.6 is 11.8 Å². The molecule has 1 heterocycles. The molecule has 2 rings (SSSR count). The van der Waals surface area contributed by atoms with Gasteiger partial charge in [-0.3, -0.25) is 9.59 Å². The summed E-state index contributed by atoms with van der Waals surface area (Å²) < 4.78 is 0. The highest BCUT2D eigenvalue weighted by Gasteiger charge is 2.37. The van der Waals surface area contributed by atoms with Crippen molar-refractivity contribution < 1.29 is 9.59 Å². The van der Waals surface area contributed by atoms with Crippen LogP contribution in [-0.4, -0.2) is 40.9 Å². The van der Waals surface area contributed by atoms with Gasteiger partial charge in [0.05, 0.1) is 5.88 Å². The maximum atomic E-state index is 12.3. The van der Waals surface area contributed by atoms with Crippen molar-refractivity contribution in [3.05, 3.63) is 12.7 Å². The molecule has 2 amide bonds. The van der Waals surface area contributed by atoms with E-state index in [0.29, 0.717) is 18.2 Å². The van der Waals surface area contributed by atoms with Gasteiger partial charge in [-0.1, -0.05) is 18.9 Å². The molecule has 0 bridgehead atoms. The Bertz CT molecular complexity index is 340. The maximum Gasteiger partial charge on any atom is 0.243 e. The third-order valence-electron chi connectivity index (χ3n) is 3.59. The zero-order chi connectivity index (χ0) is 13.0. The molecular weight excluding hydrogens is 248 g/mol. The van der Waals surface area contributed by atoms with Crippen LogP contribution in [0.5, 0.6) is 0 Å². The molecule has 1 atom stereocenters. The molecule has 0 aromatic heterocycles. The van der Waals surface area contributed by atoms with Gasteiger partial charge in [0.1, 0.15) is 6.04 Å². The minimum atomic E-state index is -0.289. The Morgan fingerprint density at radius 2 is 2.11 bits per heavy atom. The first-order chi connectivity index (χ1) is 8.74. The second-order valence-corrected chi connectivity index (χ2v) is 5.84. The van der Waals surface area contributed by atoms with Crippen molar-refractivity contribution in [1.82, 2.24) is 10.2 Å². The van der Waals surface area contributed by atoms with E-state index in [4.69, 9.17) is 0 Å². The highest BCUT2D eigenvalue weighted by atomic mass is 32.2. The van der Waals surface area contributed by atoms with Gasteiger partial charge in [-0.05, 0) is 12.8 Å². The van der Waals surface area contributed by atoms with Crippen LogP contribution in [-0.2, 0) is 9.59 Å². The zero-order valence-electron chi connectivity index (χ0n) is 10.6. The van der Waals surface area contributed by atoms with Gasteiger partial charge in [-0.25, -0.2) is 0 Å². The van der Waals surface area contributed by atoms with E-state index in [-0.39, 0.29) is 23.8 Å². The average Bonchev–Trinajstić information content (AvgIpc) is 3.04. The lowest BCUT2D eigenvalue weighted by molar-refractivity contribution is -0.140. The Balaban J connectivity index is 1.95. The van der Waals surface area contributed by atoms with E-state index >= 15 is 0 Å². The number of nitrogens with zero attached hydrogens (tertiary/aromatic N) is 1. The molecule has 0 spiro atoms. The Morgan fingerprint density at radius 1 is 1.39 bits per heavy atom. The van der Waals surface area contributed by atoms with Crippen LogP contribution in [0.3, 0.4) is 0 Å². The normalized spacial score (nSPS) is 24.2.